The Balaban J connectivity index is 2.09. The monoisotopic (exact) mass is 282 g/mol. The van der Waals surface area contributed by atoms with E-state index in [-0.39, 0.29) is 0 Å². The van der Waals surface area contributed by atoms with Gasteiger partial charge in [-0.25, -0.2) is 4.98 Å². The summed E-state index contributed by atoms with van der Waals surface area (Å²) in [4.78, 5) is 9.08. The molecule has 108 valence electrons. The number of para-hydroxylation sites is 1. The van der Waals surface area contributed by atoms with E-state index in [1.54, 1.807) is 4.68 Å². The van der Waals surface area contributed by atoms with Crippen LogP contribution in [0, 0.1) is 6.92 Å². The summed E-state index contributed by atoms with van der Waals surface area (Å²) in [6.07, 6.45) is 1.94. The molecule has 0 bridgehead atoms. The number of nitrogens with zero attached hydrogens (tertiary/aromatic N) is 4. The number of hydrogen-bond donors (Lipinski definition) is 2. The Morgan fingerprint density at radius 2 is 2.00 bits per heavy atom. The number of anilines is 3. The van der Waals surface area contributed by atoms with E-state index in [1.807, 2.05) is 51.4 Å². The Kier molecular flexibility index (Phi) is 3.43. The van der Waals surface area contributed by atoms with Gasteiger partial charge in [0.25, 0.3) is 0 Å². The number of benzene rings is 1. The van der Waals surface area contributed by atoms with E-state index in [4.69, 9.17) is 0 Å². The zero-order valence-corrected chi connectivity index (χ0v) is 12.4. The van der Waals surface area contributed by atoms with Gasteiger partial charge in [0.1, 0.15) is 5.82 Å². The second-order valence-electron chi connectivity index (χ2n) is 4.87. The van der Waals surface area contributed by atoms with Crippen molar-refractivity contribution >= 4 is 28.4 Å². The molecular formula is C15H18N6. The molecule has 0 aliphatic carbocycles. The molecule has 0 radical (unpaired) electrons. The number of aryl methyl sites for hydroxylation is 2. The van der Waals surface area contributed by atoms with E-state index in [0.717, 1.165) is 34.6 Å². The van der Waals surface area contributed by atoms with Crippen LogP contribution in [0.1, 0.15) is 12.6 Å². The summed E-state index contributed by atoms with van der Waals surface area (Å²) in [5.41, 5.74) is 2.79. The average molecular weight is 282 g/mol. The summed E-state index contributed by atoms with van der Waals surface area (Å²) in [6, 6.07) is 7.96. The van der Waals surface area contributed by atoms with Crippen molar-refractivity contribution in [1.82, 2.24) is 19.7 Å². The summed E-state index contributed by atoms with van der Waals surface area (Å²) in [7, 11) is 1.90. The third-order valence-corrected chi connectivity index (χ3v) is 3.20. The van der Waals surface area contributed by atoms with Crippen LogP contribution >= 0.6 is 0 Å². The second-order valence-corrected chi connectivity index (χ2v) is 4.87. The van der Waals surface area contributed by atoms with E-state index < -0.39 is 0 Å². The molecule has 0 amide bonds. The first-order chi connectivity index (χ1) is 10.2. The zero-order valence-electron chi connectivity index (χ0n) is 12.4. The lowest BCUT2D eigenvalue weighted by Gasteiger charge is -2.10. The average Bonchev–Trinajstić information content (AvgIpc) is 2.77. The van der Waals surface area contributed by atoms with E-state index in [1.165, 1.54) is 0 Å². The molecule has 2 heterocycles. The molecule has 3 aromatic rings. The van der Waals surface area contributed by atoms with Gasteiger partial charge >= 0.3 is 0 Å². The van der Waals surface area contributed by atoms with Crippen molar-refractivity contribution in [3.8, 4) is 0 Å². The number of rotatable bonds is 4. The summed E-state index contributed by atoms with van der Waals surface area (Å²) in [5, 5.41) is 11.9. The molecule has 0 unspecified atom stereocenters. The minimum Gasteiger partial charge on any atom is -0.354 e. The van der Waals surface area contributed by atoms with Crippen LogP contribution in [0.15, 0.2) is 30.5 Å². The van der Waals surface area contributed by atoms with E-state index in [2.05, 4.69) is 25.7 Å². The van der Waals surface area contributed by atoms with E-state index in [0.29, 0.717) is 5.95 Å². The lowest BCUT2D eigenvalue weighted by atomic mass is 10.2. The lowest BCUT2D eigenvalue weighted by Crippen LogP contribution is -2.05. The highest BCUT2D eigenvalue weighted by atomic mass is 15.3. The number of fused-ring (bicyclic) bond motifs is 1. The SMILES string of the molecule is CCNc1nc(Nc2cn(C)nc2C)c2ccccc2n1. The molecule has 1 aromatic carbocycles. The van der Waals surface area contributed by atoms with Gasteiger partial charge < -0.3 is 10.6 Å². The highest BCUT2D eigenvalue weighted by Crippen LogP contribution is 2.26. The lowest BCUT2D eigenvalue weighted by molar-refractivity contribution is 0.756. The van der Waals surface area contributed by atoms with Crippen molar-refractivity contribution in [3.05, 3.63) is 36.2 Å². The van der Waals surface area contributed by atoms with Crippen molar-refractivity contribution in [2.45, 2.75) is 13.8 Å². The normalized spacial score (nSPS) is 10.8. The van der Waals surface area contributed by atoms with Crippen molar-refractivity contribution in [2.75, 3.05) is 17.2 Å². The van der Waals surface area contributed by atoms with Gasteiger partial charge in [-0.3, -0.25) is 4.68 Å². The van der Waals surface area contributed by atoms with E-state index >= 15 is 0 Å². The van der Waals surface area contributed by atoms with Gasteiger partial charge in [0, 0.05) is 25.2 Å². The van der Waals surface area contributed by atoms with Crippen molar-refractivity contribution in [2.24, 2.45) is 7.05 Å². The summed E-state index contributed by atoms with van der Waals surface area (Å²) >= 11 is 0. The molecule has 2 aromatic heterocycles. The molecule has 0 aliphatic heterocycles. The highest BCUT2D eigenvalue weighted by molar-refractivity contribution is 5.91. The highest BCUT2D eigenvalue weighted by Gasteiger charge is 2.10. The fourth-order valence-electron chi connectivity index (χ4n) is 2.26. The van der Waals surface area contributed by atoms with Crippen LogP contribution in [0.4, 0.5) is 17.5 Å². The Morgan fingerprint density at radius 3 is 2.71 bits per heavy atom. The largest absolute Gasteiger partial charge is 0.354 e. The van der Waals surface area contributed by atoms with Crippen LogP contribution in [0.3, 0.4) is 0 Å². The van der Waals surface area contributed by atoms with Crippen molar-refractivity contribution in [1.29, 1.82) is 0 Å². The van der Waals surface area contributed by atoms with Gasteiger partial charge in [-0.2, -0.15) is 10.1 Å². The molecule has 6 heteroatoms. The quantitative estimate of drug-likeness (QED) is 0.770. The molecule has 21 heavy (non-hydrogen) atoms. The Bertz CT molecular complexity index is 777. The van der Waals surface area contributed by atoms with Gasteiger partial charge in [0.2, 0.25) is 5.95 Å². The summed E-state index contributed by atoms with van der Waals surface area (Å²) in [6.45, 7) is 4.78. The standard InChI is InChI=1S/C15H18N6/c1-4-16-15-18-12-8-6-5-7-11(12)14(19-15)17-13-9-21(3)20-10(13)2/h5-9H,4H2,1-3H3,(H2,16,17,18,19). The zero-order chi connectivity index (χ0) is 14.8. The topological polar surface area (TPSA) is 67.7 Å². The van der Waals surface area contributed by atoms with Crippen LogP contribution in [0.2, 0.25) is 0 Å². The smallest absolute Gasteiger partial charge is 0.225 e. The molecule has 0 saturated carbocycles. The first kappa shape index (κ1) is 13.4. The minimum atomic E-state index is 0.625. The molecule has 0 atom stereocenters. The predicted octanol–water partition coefficient (Wildman–Crippen LogP) is 2.85. The molecule has 0 aliphatic rings. The maximum absolute atomic E-state index is 4.57. The Labute approximate surface area is 123 Å². The fraction of sp³-hybridized carbons (Fsp3) is 0.267. The Hall–Kier alpha value is -2.63. The van der Waals surface area contributed by atoms with Crippen LogP contribution in [0.5, 0.6) is 0 Å². The minimum absolute atomic E-state index is 0.625. The van der Waals surface area contributed by atoms with Crippen LogP contribution < -0.4 is 10.6 Å². The molecule has 0 fully saturated rings. The van der Waals surface area contributed by atoms with Crippen LogP contribution in [-0.4, -0.2) is 26.3 Å². The van der Waals surface area contributed by atoms with E-state index in [9.17, 15) is 0 Å². The van der Waals surface area contributed by atoms with Crippen LogP contribution in [-0.2, 0) is 7.05 Å². The molecule has 3 rings (SSSR count). The predicted molar refractivity (Wildman–Crippen MR) is 84.9 cm³/mol. The van der Waals surface area contributed by atoms with Crippen molar-refractivity contribution in [3.63, 3.8) is 0 Å². The maximum Gasteiger partial charge on any atom is 0.225 e. The van der Waals surface area contributed by atoms with Gasteiger partial charge in [-0.15, -0.1) is 0 Å². The first-order valence-electron chi connectivity index (χ1n) is 6.95. The molecule has 6 nitrogen and oxygen atoms in total. The molecule has 2 N–H and O–H groups in total. The number of nitrogens with one attached hydrogen (secondary N) is 2. The first-order valence-corrected chi connectivity index (χ1v) is 6.95. The summed E-state index contributed by atoms with van der Waals surface area (Å²) in [5.74, 6) is 1.41. The maximum atomic E-state index is 4.57. The van der Waals surface area contributed by atoms with Gasteiger partial charge in [-0.05, 0) is 26.0 Å². The van der Waals surface area contributed by atoms with Crippen molar-refractivity contribution < 1.29 is 0 Å². The number of hydrogen-bond acceptors (Lipinski definition) is 5. The van der Waals surface area contributed by atoms with Crippen LogP contribution in [0.25, 0.3) is 10.9 Å². The number of aromatic nitrogens is 4. The third kappa shape index (κ3) is 2.65. The molecular weight excluding hydrogens is 264 g/mol. The van der Waals surface area contributed by atoms with Gasteiger partial charge in [0.05, 0.1) is 16.9 Å². The second kappa shape index (κ2) is 5.40. The molecule has 0 spiro atoms. The fourth-order valence-corrected chi connectivity index (χ4v) is 2.26. The molecule has 0 saturated heterocycles. The Morgan fingerprint density at radius 1 is 1.19 bits per heavy atom. The summed E-state index contributed by atoms with van der Waals surface area (Å²) < 4.78 is 1.78. The third-order valence-electron chi connectivity index (χ3n) is 3.20. The van der Waals surface area contributed by atoms with Gasteiger partial charge in [-0.1, -0.05) is 12.1 Å². The van der Waals surface area contributed by atoms with Gasteiger partial charge in [0.15, 0.2) is 0 Å².